The van der Waals surface area contributed by atoms with Gasteiger partial charge in [0, 0.05) is 48.4 Å². The zero-order valence-corrected chi connectivity index (χ0v) is 20.3. The van der Waals surface area contributed by atoms with Gasteiger partial charge in [-0.2, -0.15) is 0 Å². The predicted octanol–water partition coefficient (Wildman–Crippen LogP) is 5.94. The molecule has 1 aliphatic carbocycles. The normalized spacial score (nSPS) is 24.9. The summed E-state index contributed by atoms with van der Waals surface area (Å²) in [5, 5.41) is 0. The van der Waals surface area contributed by atoms with Crippen molar-refractivity contribution >= 4 is 11.8 Å². The third kappa shape index (κ3) is 5.55. The van der Waals surface area contributed by atoms with Gasteiger partial charge in [-0.15, -0.1) is 0 Å². The van der Waals surface area contributed by atoms with Crippen LogP contribution in [0.4, 0.5) is 4.79 Å². The van der Waals surface area contributed by atoms with Gasteiger partial charge >= 0.3 is 6.09 Å². The average molecular weight is 416 g/mol. The number of carbonyl (C=O) groups is 1. The van der Waals surface area contributed by atoms with E-state index in [9.17, 15) is 4.79 Å². The molecular weight excluding hydrogens is 374 g/mol. The Labute approximate surface area is 183 Å². The second kappa shape index (κ2) is 9.84. The molecule has 168 valence electrons. The van der Waals surface area contributed by atoms with Gasteiger partial charge in [-0.25, -0.2) is 4.79 Å². The van der Waals surface area contributed by atoms with Crippen molar-refractivity contribution in [3.63, 3.8) is 0 Å². The summed E-state index contributed by atoms with van der Waals surface area (Å²) in [5.74, 6) is 0.616. The molecule has 0 bridgehead atoms. The first-order valence-corrected chi connectivity index (χ1v) is 11.3. The van der Waals surface area contributed by atoms with E-state index in [1.54, 1.807) is 6.20 Å². The van der Waals surface area contributed by atoms with Crippen LogP contribution in [0.25, 0.3) is 0 Å². The molecule has 2 rings (SSSR count). The summed E-state index contributed by atoms with van der Waals surface area (Å²) in [5.41, 5.74) is 4.41. The van der Waals surface area contributed by atoms with Crippen LogP contribution in [-0.4, -0.2) is 52.4 Å². The van der Waals surface area contributed by atoms with Crippen LogP contribution in [0.3, 0.4) is 0 Å². The maximum Gasteiger partial charge on any atom is 0.410 e. The SMILES string of the molecule is C=C\N=C(C)/C(C(=C\C)/C1CCC1)=C(\C)N1CC(C)N(C(=O)OC(C)(C)C)C[C@@H]1C. The van der Waals surface area contributed by atoms with Gasteiger partial charge in [-0.1, -0.05) is 19.1 Å². The molecule has 0 aromatic carbocycles. The van der Waals surface area contributed by atoms with Gasteiger partial charge in [0.15, 0.2) is 0 Å². The van der Waals surface area contributed by atoms with E-state index in [0.717, 1.165) is 12.3 Å². The second-order valence-corrected chi connectivity index (χ2v) is 9.71. The number of nitrogens with zero attached hydrogens (tertiary/aromatic N) is 3. The number of hydrogen-bond acceptors (Lipinski definition) is 4. The summed E-state index contributed by atoms with van der Waals surface area (Å²) < 4.78 is 5.64. The van der Waals surface area contributed by atoms with Gasteiger partial charge in [-0.3, -0.25) is 4.99 Å². The summed E-state index contributed by atoms with van der Waals surface area (Å²) in [4.78, 5) is 21.5. The Morgan fingerprint density at radius 2 is 1.67 bits per heavy atom. The van der Waals surface area contributed by atoms with Crippen molar-refractivity contribution in [3.05, 3.63) is 35.7 Å². The molecular formula is C25H41N3O2. The highest BCUT2D eigenvalue weighted by Gasteiger charge is 2.36. The van der Waals surface area contributed by atoms with E-state index in [2.05, 4.69) is 57.2 Å². The quantitative estimate of drug-likeness (QED) is 0.412. The van der Waals surface area contributed by atoms with Gasteiger partial charge in [0.05, 0.1) is 0 Å². The van der Waals surface area contributed by atoms with E-state index in [1.807, 2.05) is 25.7 Å². The first-order valence-electron chi connectivity index (χ1n) is 11.3. The van der Waals surface area contributed by atoms with Crippen molar-refractivity contribution in [2.24, 2.45) is 10.9 Å². The minimum atomic E-state index is -0.484. The molecule has 1 saturated carbocycles. The average Bonchev–Trinajstić information content (AvgIpc) is 2.59. The van der Waals surface area contributed by atoms with Crippen molar-refractivity contribution < 1.29 is 9.53 Å². The molecule has 0 aromatic heterocycles. The molecule has 5 heteroatoms. The lowest BCUT2D eigenvalue weighted by molar-refractivity contribution is -0.00420. The molecule has 0 spiro atoms. The third-order valence-electron chi connectivity index (χ3n) is 6.20. The Balaban J connectivity index is 2.34. The summed E-state index contributed by atoms with van der Waals surface area (Å²) in [6.45, 7) is 21.7. The lowest BCUT2D eigenvalue weighted by Crippen LogP contribution is -2.58. The number of ether oxygens (including phenoxy) is 1. The van der Waals surface area contributed by atoms with Crippen molar-refractivity contribution in [2.75, 3.05) is 13.1 Å². The first kappa shape index (κ1) is 24.2. The van der Waals surface area contributed by atoms with Crippen LogP contribution in [-0.2, 0) is 4.74 Å². The fraction of sp³-hybridized carbons (Fsp3) is 0.680. The molecule has 2 fully saturated rings. The van der Waals surface area contributed by atoms with E-state index in [1.165, 1.54) is 36.1 Å². The van der Waals surface area contributed by atoms with Crippen molar-refractivity contribution in [1.29, 1.82) is 0 Å². The molecule has 0 N–H and O–H groups in total. The molecule has 1 amide bonds. The standard InChI is InChI=1S/C25H41N3O2/c1-10-22(21-13-12-14-21)23(19(5)26-11-2)20(6)27-15-18(4)28(16-17(27)3)24(29)30-25(7,8)9/h10-11,17-18,21H,2,12-16H2,1,3-9H3/b22-10-,23-20-,26-19-/t17-,18?/m0/s1. The van der Waals surface area contributed by atoms with Crippen LogP contribution in [0.5, 0.6) is 0 Å². The van der Waals surface area contributed by atoms with Crippen molar-refractivity contribution in [3.8, 4) is 0 Å². The van der Waals surface area contributed by atoms with E-state index >= 15 is 0 Å². The molecule has 30 heavy (non-hydrogen) atoms. The third-order valence-corrected chi connectivity index (χ3v) is 6.20. The Morgan fingerprint density at radius 1 is 1.10 bits per heavy atom. The van der Waals surface area contributed by atoms with Crippen LogP contribution in [0.2, 0.25) is 0 Å². The molecule has 5 nitrogen and oxygen atoms in total. The molecule has 0 aromatic rings. The molecule has 1 heterocycles. The second-order valence-electron chi connectivity index (χ2n) is 9.71. The summed E-state index contributed by atoms with van der Waals surface area (Å²) in [6, 6.07) is 0.265. The first-order chi connectivity index (χ1) is 14.0. The van der Waals surface area contributed by atoms with Crippen LogP contribution >= 0.6 is 0 Å². The molecule has 2 atom stereocenters. The summed E-state index contributed by atoms with van der Waals surface area (Å²) in [6.07, 6.45) is 7.45. The zero-order valence-electron chi connectivity index (χ0n) is 20.3. The number of piperazine rings is 1. The maximum atomic E-state index is 12.7. The number of amides is 1. The fourth-order valence-electron chi connectivity index (χ4n) is 4.50. The zero-order chi connectivity index (χ0) is 22.6. The molecule has 2 aliphatic rings. The fourth-order valence-corrected chi connectivity index (χ4v) is 4.50. The van der Waals surface area contributed by atoms with Crippen LogP contribution < -0.4 is 0 Å². The molecule has 1 unspecified atom stereocenters. The van der Waals surface area contributed by atoms with Gasteiger partial charge in [-0.05, 0) is 79.7 Å². The van der Waals surface area contributed by atoms with Crippen LogP contribution in [0.1, 0.15) is 74.7 Å². The van der Waals surface area contributed by atoms with Gasteiger partial charge < -0.3 is 14.5 Å². The Bertz CT molecular complexity index is 738. The van der Waals surface area contributed by atoms with E-state index in [0.29, 0.717) is 12.5 Å². The highest BCUT2D eigenvalue weighted by atomic mass is 16.6. The Kier molecular flexibility index (Phi) is 7.95. The maximum absolute atomic E-state index is 12.7. The predicted molar refractivity (Wildman–Crippen MR) is 126 cm³/mol. The van der Waals surface area contributed by atoms with Crippen LogP contribution in [0.15, 0.2) is 40.7 Å². The highest BCUT2D eigenvalue weighted by molar-refractivity contribution is 6.03. The van der Waals surface area contributed by atoms with E-state index in [4.69, 9.17) is 4.74 Å². The lowest BCUT2D eigenvalue weighted by Gasteiger charge is -2.46. The minimum absolute atomic E-state index is 0.0710. The van der Waals surface area contributed by atoms with Gasteiger partial charge in [0.25, 0.3) is 0 Å². The van der Waals surface area contributed by atoms with E-state index < -0.39 is 5.60 Å². The largest absolute Gasteiger partial charge is 0.444 e. The minimum Gasteiger partial charge on any atom is -0.444 e. The molecule has 1 saturated heterocycles. The van der Waals surface area contributed by atoms with Gasteiger partial charge in [0.1, 0.15) is 5.60 Å². The van der Waals surface area contributed by atoms with Crippen molar-refractivity contribution in [1.82, 2.24) is 9.80 Å². The molecule has 0 radical (unpaired) electrons. The Hall–Kier alpha value is -2.04. The van der Waals surface area contributed by atoms with Crippen LogP contribution in [0, 0.1) is 5.92 Å². The number of allylic oxidation sites excluding steroid dienone is 4. The highest BCUT2D eigenvalue weighted by Crippen LogP contribution is 2.39. The topological polar surface area (TPSA) is 45.1 Å². The molecule has 1 aliphatic heterocycles. The summed E-state index contributed by atoms with van der Waals surface area (Å²) >= 11 is 0. The van der Waals surface area contributed by atoms with E-state index in [-0.39, 0.29) is 18.2 Å². The number of rotatable bonds is 5. The number of aliphatic imine (C=N–C) groups is 1. The Morgan fingerprint density at radius 3 is 2.13 bits per heavy atom. The monoisotopic (exact) mass is 415 g/mol. The summed E-state index contributed by atoms with van der Waals surface area (Å²) in [7, 11) is 0. The van der Waals surface area contributed by atoms with Gasteiger partial charge in [0.2, 0.25) is 0 Å². The number of carbonyl (C=O) groups excluding carboxylic acids is 1. The van der Waals surface area contributed by atoms with Crippen molar-refractivity contribution in [2.45, 2.75) is 92.3 Å². The smallest absolute Gasteiger partial charge is 0.410 e. The number of hydrogen-bond donors (Lipinski definition) is 0. The lowest BCUT2D eigenvalue weighted by atomic mass is 9.75.